The minimum absolute atomic E-state index is 0.222. The summed E-state index contributed by atoms with van der Waals surface area (Å²) in [5.41, 5.74) is 3.41. The zero-order valence-electron chi connectivity index (χ0n) is 11.0. The van der Waals surface area contributed by atoms with Gasteiger partial charge in [-0.1, -0.05) is 24.6 Å². The van der Waals surface area contributed by atoms with Crippen molar-refractivity contribution in [3.63, 3.8) is 0 Å². The number of aryl methyl sites for hydroxylation is 2. The summed E-state index contributed by atoms with van der Waals surface area (Å²) >= 11 is 0. The molecular weight excluding hydrogens is 260 g/mol. The minimum atomic E-state index is -3.14. The van der Waals surface area contributed by atoms with Crippen LogP contribution in [0.5, 0.6) is 0 Å². The van der Waals surface area contributed by atoms with Crippen molar-refractivity contribution in [3.05, 3.63) is 34.9 Å². The van der Waals surface area contributed by atoms with E-state index < -0.39 is 21.2 Å². The van der Waals surface area contributed by atoms with Crippen LogP contribution < -0.4 is 0 Å². The van der Waals surface area contributed by atoms with E-state index in [1.54, 1.807) is 0 Å². The summed E-state index contributed by atoms with van der Waals surface area (Å²) in [7, 11) is -3.14. The molecule has 0 amide bonds. The Labute approximate surface area is 114 Å². The van der Waals surface area contributed by atoms with Gasteiger partial charge in [0, 0.05) is 0 Å². The Hall–Kier alpha value is -0.870. The summed E-state index contributed by atoms with van der Waals surface area (Å²) in [6.07, 6.45) is 4.66. The summed E-state index contributed by atoms with van der Waals surface area (Å²) in [5, 5.41) is 9.82. The first-order chi connectivity index (χ1) is 9.08. The van der Waals surface area contributed by atoms with Gasteiger partial charge in [0.1, 0.15) is 0 Å². The lowest BCUT2D eigenvalue weighted by molar-refractivity contribution is 0.164. The summed E-state index contributed by atoms with van der Waals surface area (Å²) in [6, 6.07) is 5.96. The van der Waals surface area contributed by atoms with E-state index in [9.17, 15) is 13.5 Å². The molecule has 1 N–H and O–H groups in total. The molecule has 104 valence electrons. The van der Waals surface area contributed by atoms with Crippen molar-refractivity contribution in [2.75, 3.05) is 5.75 Å². The number of hydrogen-bond acceptors (Lipinski definition) is 3. The Kier molecular flexibility index (Phi) is 3.39. The molecule has 1 aromatic carbocycles. The summed E-state index contributed by atoms with van der Waals surface area (Å²) in [4.78, 5) is 0. The molecular formula is C15H20O3S. The van der Waals surface area contributed by atoms with Gasteiger partial charge in [-0.05, 0) is 48.8 Å². The van der Waals surface area contributed by atoms with Gasteiger partial charge in [-0.2, -0.15) is 0 Å². The third kappa shape index (κ3) is 2.43. The van der Waals surface area contributed by atoms with Crippen LogP contribution >= 0.6 is 0 Å². The molecule has 2 unspecified atom stereocenters. The zero-order valence-corrected chi connectivity index (χ0v) is 11.8. The van der Waals surface area contributed by atoms with Crippen LogP contribution in [0.1, 0.15) is 48.5 Å². The molecule has 0 bridgehead atoms. The maximum atomic E-state index is 12.1. The standard InChI is InChI=1S/C15H20O3S/c16-15(14-6-1-2-9-19(14,17)18)13-8-7-11-4-3-5-12(11)10-13/h7-8,10,14-16H,1-6,9H2. The third-order valence-corrected chi connectivity index (χ3v) is 6.72. The molecule has 4 heteroatoms. The second kappa shape index (κ2) is 4.91. The highest BCUT2D eigenvalue weighted by Gasteiger charge is 2.35. The Morgan fingerprint density at radius 2 is 1.89 bits per heavy atom. The Morgan fingerprint density at radius 3 is 2.68 bits per heavy atom. The van der Waals surface area contributed by atoms with E-state index in [1.807, 2.05) is 12.1 Å². The average molecular weight is 280 g/mol. The van der Waals surface area contributed by atoms with Gasteiger partial charge >= 0.3 is 0 Å². The highest BCUT2D eigenvalue weighted by molar-refractivity contribution is 7.92. The van der Waals surface area contributed by atoms with Crippen molar-refractivity contribution in [2.24, 2.45) is 0 Å². The van der Waals surface area contributed by atoms with Crippen LogP contribution in [-0.2, 0) is 22.7 Å². The molecule has 3 rings (SSSR count). The smallest absolute Gasteiger partial charge is 0.156 e. The quantitative estimate of drug-likeness (QED) is 0.903. The molecule has 3 nitrogen and oxygen atoms in total. The van der Waals surface area contributed by atoms with Crippen LogP contribution in [0, 0.1) is 0 Å². The van der Waals surface area contributed by atoms with E-state index in [0.717, 1.165) is 37.7 Å². The van der Waals surface area contributed by atoms with Crippen LogP contribution in [0.3, 0.4) is 0 Å². The molecule has 1 aliphatic carbocycles. The van der Waals surface area contributed by atoms with E-state index in [-0.39, 0.29) is 5.75 Å². The molecule has 1 aliphatic heterocycles. The van der Waals surface area contributed by atoms with Crippen molar-refractivity contribution in [1.82, 2.24) is 0 Å². The van der Waals surface area contributed by atoms with E-state index in [2.05, 4.69) is 6.07 Å². The van der Waals surface area contributed by atoms with Crippen molar-refractivity contribution in [1.29, 1.82) is 0 Å². The first-order valence-corrected chi connectivity index (χ1v) is 8.81. The summed E-state index contributed by atoms with van der Waals surface area (Å²) in [6.45, 7) is 0. The average Bonchev–Trinajstić information content (AvgIpc) is 2.84. The van der Waals surface area contributed by atoms with E-state index in [1.165, 1.54) is 11.1 Å². The predicted molar refractivity (Wildman–Crippen MR) is 74.9 cm³/mol. The molecule has 2 aliphatic rings. The number of fused-ring (bicyclic) bond motifs is 1. The van der Waals surface area contributed by atoms with Crippen molar-refractivity contribution in [2.45, 2.75) is 49.9 Å². The van der Waals surface area contributed by atoms with Gasteiger partial charge in [-0.3, -0.25) is 0 Å². The number of aliphatic hydroxyl groups is 1. The van der Waals surface area contributed by atoms with Crippen LogP contribution in [-0.4, -0.2) is 24.5 Å². The molecule has 0 radical (unpaired) electrons. The monoisotopic (exact) mass is 280 g/mol. The maximum Gasteiger partial charge on any atom is 0.156 e. The van der Waals surface area contributed by atoms with E-state index in [4.69, 9.17) is 0 Å². The fourth-order valence-electron chi connectivity index (χ4n) is 3.32. The van der Waals surface area contributed by atoms with Crippen molar-refractivity contribution < 1.29 is 13.5 Å². The fraction of sp³-hybridized carbons (Fsp3) is 0.600. The van der Waals surface area contributed by atoms with Crippen LogP contribution in [0.2, 0.25) is 0 Å². The number of rotatable bonds is 2. The molecule has 0 saturated carbocycles. The number of hydrogen-bond donors (Lipinski definition) is 1. The van der Waals surface area contributed by atoms with Gasteiger partial charge < -0.3 is 5.11 Å². The number of sulfone groups is 1. The van der Waals surface area contributed by atoms with Crippen LogP contribution in [0.4, 0.5) is 0 Å². The molecule has 0 spiro atoms. The molecule has 19 heavy (non-hydrogen) atoms. The SMILES string of the molecule is O=S1(=O)CCCCC1C(O)c1ccc2c(c1)CCC2. The van der Waals surface area contributed by atoms with Gasteiger partial charge in [0.05, 0.1) is 17.1 Å². The van der Waals surface area contributed by atoms with Crippen LogP contribution in [0.15, 0.2) is 18.2 Å². The Bertz CT molecular complexity index is 577. The van der Waals surface area contributed by atoms with E-state index in [0.29, 0.717) is 6.42 Å². The van der Waals surface area contributed by atoms with Gasteiger partial charge in [0.15, 0.2) is 9.84 Å². The van der Waals surface area contributed by atoms with Gasteiger partial charge in [-0.15, -0.1) is 0 Å². The van der Waals surface area contributed by atoms with Crippen molar-refractivity contribution >= 4 is 9.84 Å². The molecule has 0 aromatic heterocycles. The van der Waals surface area contributed by atoms with Gasteiger partial charge in [-0.25, -0.2) is 8.42 Å². The van der Waals surface area contributed by atoms with Gasteiger partial charge in [0.2, 0.25) is 0 Å². The Balaban J connectivity index is 1.89. The molecule has 2 atom stereocenters. The minimum Gasteiger partial charge on any atom is -0.387 e. The second-order valence-corrected chi connectivity index (χ2v) is 8.07. The lowest BCUT2D eigenvalue weighted by Gasteiger charge is -2.27. The normalized spacial score (nSPS) is 26.9. The second-order valence-electron chi connectivity index (χ2n) is 5.73. The largest absolute Gasteiger partial charge is 0.387 e. The lowest BCUT2D eigenvalue weighted by atomic mass is 9.98. The third-order valence-electron chi connectivity index (χ3n) is 4.44. The summed E-state index contributed by atoms with van der Waals surface area (Å²) < 4.78 is 24.1. The fourth-order valence-corrected chi connectivity index (χ4v) is 5.31. The molecule has 1 heterocycles. The molecule has 1 saturated heterocycles. The molecule has 1 aromatic rings. The lowest BCUT2D eigenvalue weighted by Crippen LogP contribution is -2.33. The first-order valence-electron chi connectivity index (χ1n) is 7.09. The number of aliphatic hydroxyl groups excluding tert-OH is 1. The highest BCUT2D eigenvalue weighted by atomic mass is 32.2. The Morgan fingerprint density at radius 1 is 1.11 bits per heavy atom. The van der Waals surface area contributed by atoms with Crippen LogP contribution in [0.25, 0.3) is 0 Å². The molecule has 1 fully saturated rings. The summed E-state index contributed by atoms with van der Waals surface area (Å²) in [5.74, 6) is 0.222. The topological polar surface area (TPSA) is 54.4 Å². The highest BCUT2D eigenvalue weighted by Crippen LogP contribution is 2.33. The predicted octanol–water partition coefficient (Wildman–Crippen LogP) is 2.18. The first kappa shape index (κ1) is 13.1. The zero-order chi connectivity index (χ0) is 13.5. The van der Waals surface area contributed by atoms with E-state index >= 15 is 0 Å². The number of benzene rings is 1. The van der Waals surface area contributed by atoms with Crippen molar-refractivity contribution in [3.8, 4) is 0 Å². The maximum absolute atomic E-state index is 12.1. The van der Waals surface area contributed by atoms with Gasteiger partial charge in [0.25, 0.3) is 0 Å².